The van der Waals surface area contributed by atoms with Gasteiger partial charge in [0.05, 0.1) is 6.10 Å². The fraction of sp³-hybridized carbons (Fsp3) is 0.615. The van der Waals surface area contributed by atoms with Crippen LogP contribution in [-0.2, 0) is 0 Å². The molecule has 1 aliphatic rings. The van der Waals surface area contributed by atoms with E-state index in [9.17, 15) is 5.11 Å². The van der Waals surface area contributed by atoms with Crippen molar-refractivity contribution >= 4 is 5.82 Å². The van der Waals surface area contributed by atoms with Gasteiger partial charge in [-0.3, -0.25) is 0 Å². The Bertz CT molecular complexity index is 330. The lowest BCUT2D eigenvalue weighted by Crippen LogP contribution is -2.26. The van der Waals surface area contributed by atoms with E-state index in [1.54, 1.807) is 13.1 Å². The van der Waals surface area contributed by atoms with E-state index in [1.165, 1.54) is 12.8 Å². The smallest absolute Gasteiger partial charge is 0.128 e. The van der Waals surface area contributed by atoms with Gasteiger partial charge in [-0.25, -0.2) is 4.98 Å². The molecular formula is C13H20N2O. The molecule has 3 heteroatoms. The first kappa shape index (κ1) is 11.4. The highest BCUT2D eigenvalue weighted by Crippen LogP contribution is 2.31. The molecule has 1 aromatic rings. The zero-order valence-corrected chi connectivity index (χ0v) is 10.1. The summed E-state index contributed by atoms with van der Waals surface area (Å²) >= 11 is 0. The minimum absolute atomic E-state index is 0.431. The molecule has 0 aromatic carbocycles. The van der Waals surface area contributed by atoms with Crippen LogP contribution in [0, 0.1) is 5.92 Å². The molecule has 0 radical (unpaired) electrons. The van der Waals surface area contributed by atoms with Crippen LogP contribution in [0.15, 0.2) is 18.3 Å². The minimum Gasteiger partial charge on any atom is -0.389 e. The van der Waals surface area contributed by atoms with Gasteiger partial charge in [0.2, 0.25) is 0 Å². The second-order valence-corrected chi connectivity index (χ2v) is 4.61. The highest BCUT2D eigenvalue weighted by Gasteiger charge is 2.24. The van der Waals surface area contributed by atoms with E-state index in [2.05, 4.69) is 16.8 Å². The van der Waals surface area contributed by atoms with Crippen LogP contribution < -0.4 is 4.90 Å². The predicted octanol–water partition coefficient (Wildman–Crippen LogP) is 2.37. The first-order chi connectivity index (χ1) is 7.70. The van der Waals surface area contributed by atoms with Gasteiger partial charge in [0.1, 0.15) is 5.82 Å². The third-order valence-corrected chi connectivity index (χ3v) is 3.13. The van der Waals surface area contributed by atoms with Crippen molar-refractivity contribution in [2.24, 2.45) is 5.92 Å². The number of aliphatic hydroxyl groups excluding tert-OH is 1. The summed E-state index contributed by atoms with van der Waals surface area (Å²) in [7, 11) is 0. The van der Waals surface area contributed by atoms with Crippen molar-refractivity contribution in [1.82, 2.24) is 4.98 Å². The quantitative estimate of drug-likeness (QED) is 0.827. The summed E-state index contributed by atoms with van der Waals surface area (Å²) in [6, 6.07) is 3.97. The average molecular weight is 220 g/mol. The second-order valence-electron chi connectivity index (χ2n) is 4.61. The van der Waals surface area contributed by atoms with Crippen LogP contribution >= 0.6 is 0 Å². The lowest BCUT2D eigenvalue weighted by atomic mass is 10.2. The summed E-state index contributed by atoms with van der Waals surface area (Å²) in [5.41, 5.74) is 0.881. The minimum atomic E-state index is -0.431. The van der Waals surface area contributed by atoms with Crippen LogP contribution in [0.2, 0.25) is 0 Å². The zero-order chi connectivity index (χ0) is 11.5. The summed E-state index contributed by atoms with van der Waals surface area (Å²) in [6.45, 7) is 6.04. The van der Waals surface area contributed by atoms with Crippen molar-refractivity contribution < 1.29 is 5.11 Å². The molecule has 1 aromatic heterocycles. The molecule has 1 saturated carbocycles. The first-order valence-corrected chi connectivity index (χ1v) is 6.09. The van der Waals surface area contributed by atoms with Crippen molar-refractivity contribution in [2.45, 2.75) is 32.8 Å². The number of aromatic nitrogens is 1. The Morgan fingerprint density at radius 2 is 2.25 bits per heavy atom. The lowest BCUT2D eigenvalue weighted by molar-refractivity contribution is 0.199. The molecule has 0 saturated heterocycles. The van der Waals surface area contributed by atoms with E-state index >= 15 is 0 Å². The Kier molecular flexibility index (Phi) is 3.44. The highest BCUT2D eigenvalue weighted by molar-refractivity contribution is 5.39. The van der Waals surface area contributed by atoms with E-state index in [1.807, 2.05) is 12.1 Å². The van der Waals surface area contributed by atoms with Gasteiger partial charge in [0, 0.05) is 19.3 Å². The largest absolute Gasteiger partial charge is 0.389 e. The molecule has 1 fully saturated rings. The van der Waals surface area contributed by atoms with Crippen molar-refractivity contribution in [2.75, 3.05) is 18.0 Å². The van der Waals surface area contributed by atoms with Crippen molar-refractivity contribution in [3.63, 3.8) is 0 Å². The Labute approximate surface area is 97.1 Å². The fourth-order valence-corrected chi connectivity index (χ4v) is 1.83. The van der Waals surface area contributed by atoms with Gasteiger partial charge < -0.3 is 10.0 Å². The van der Waals surface area contributed by atoms with E-state index in [0.29, 0.717) is 0 Å². The first-order valence-electron chi connectivity index (χ1n) is 6.09. The topological polar surface area (TPSA) is 36.4 Å². The maximum atomic E-state index is 9.41. The highest BCUT2D eigenvalue weighted by atomic mass is 16.3. The van der Waals surface area contributed by atoms with Gasteiger partial charge >= 0.3 is 0 Å². The average Bonchev–Trinajstić information content (AvgIpc) is 3.10. The summed E-state index contributed by atoms with van der Waals surface area (Å²) < 4.78 is 0. The van der Waals surface area contributed by atoms with Gasteiger partial charge in [-0.05, 0) is 44.2 Å². The van der Waals surface area contributed by atoms with Crippen LogP contribution in [0.3, 0.4) is 0 Å². The molecule has 0 unspecified atom stereocenters. The summed E-state index contributed by atoms with van der Waals surface area (Å²) in [5, 5.41) is 9.41. The summed E-state index contributed by atoms with van der Waals surface area (Å²) in [6.07, 6.45) is 4.07. The number of pyridine rings is 1. The lowest BCUT2D eigenvalue weighted by Gasteiger charge is -2.22. The maximum absolute atomic E-state index is 9.41. The van der Waals surface area contributed by atoms with Crippen LogP contribution in [0.4, 0.5) is 5.82 Å². The maximum Gasteiger partial charge on any atom is 0.128 e. The molecule has 3 nitrogen and oxygen atoms in total. The van der Waals surface area contributed by atoms with E-state index in [-0.39, 0.29) is 0 Å². The number of hydrogen-bond acceptors (Lipinski definition) is 3. The molecule has 0 amide bonds. The molecule has 1 aliphatic carbocycles. The summed E-state index contributed by atoms with van der Waals surface area (Å²) in [5.74, 6) is 1.90. The molecule has 1 N–H and O–H groups in total. The van der Waals surface area contributed by atoms with E-state index in [4.69, 9.17) is 0 Å². The Morgan fingerprint density at radius 3 is 2.69 bits per heavy atom. The second kappa shape index (κ2) is 4.83. The van der Waals surface area contributed by atoms with Gasteiger partial charge in [-0.15, -0.1) is 0 Å². The van der Waals surface area contributed by atoms with Crippen LogP contribution in [0.1, 0.15) is 38.4 Å². The predicted molar refractivity (Wildman–Crippen MR) is 65.5 cm³/mol. The number of aliphatic hydroxyl groups is 1. The van der Waals surface area contributed by atoms with Crippen molar-refractivity contribution in [1.29, 1.82) is 0 Å². The Balaban J connectivity index is 2.05. The SMILES string of the molecule is CCN(CC1CC1)c1ccc([C@@H](C)O)cn1. The standard InChI is InChI=1S/C13H20N2O/c1-3-15(9-11-4-5-11)13-7-6-12(8-14-13)10(2)16/h6-8,10-11,16H,3-5,9H2,1-2H3/t10-/m1/s1. The number of nitrogens with zero attached hydrogens (tertiary/aromatic N) is 2. The molecule has 88 valence electrons. The third kappa shape index (κ3) is 2.73. The molecule has 16 heavy (non-hydrogen) atoms. The number of anilines is 1. The Morgan fingerprint density at radius 1 is 1.50 bits per heavy atom. The normalized spacial score (nSPS) is 17.2. The van der Waals surface area contributed by atoms with Gasteiger partial charge in [-0.2, -0.15) is 0 Å². The molecule has 0 spiro atoms. The molecule has 0 aliphatic heterocycles. The van der Waals surface area contributed by atoms with Crippen molar-refractivity contribution in [3.05, 3.63) is 23.9 Å². The Hall–Kier alpha value is -1.09. The molecular weight excluding hydrogens is 200 g/mol. The molecule has 1 atom stereocenters. The molecule has 2 rings (SSSR count). The van der Waals surface area contributed by atoms with Crippen molar-refractivity contribution in [3.8, 4) is 0 Å². The molecule has 0 bridgehead atoms. The van der Waals surface area contributed by atoms with Gasteiger partial charge in [0.15, 0.2) is 0 Å². The zero-order valence-electron chi connectivity index (χ0n) is 10.1. The monoisotopic (exact) mass is 220 g/mol. The van der Waals surface area contributed by atoms with E-state index < -0.39 is 6.10 Å². The number of rotatable bonds is 5. The van der Waals surface area contributed by atoms with Crippen LogP contribution in [-0.4, -0.2) is 23.2 Å². The van der Waals surface area contributed by atoms with Crippen LogP contribution in [0.5, 0.6) is 0 Å². The number of hydrogen-bond donors (Lipinski definition) is 1. The van der Waals surface area contributed by atoms with Gasteiger partial charge in [0.25, 0.3) is 0 Å². The third-order valence-electron chi connectivity index (χ3n) is 3.13. The summed E-state index contributed by atoms with van der Waals surface area (Å²) in [4.78, 5) is 6.73. The fourth-order valence-electron chi connectivity index (χ4n) is 1.83. The van der Waals surface area contributed by atoms with E-state index in [0.717, 1.165) is 30.4 Å². The van der Waals surface area contributed by atoms with Gasteiger partial charge in [-0.1, -0.05) is 6.07 Å². The molecule has 1 heterocycles. The van der Waals surface area contributed by atoms with Crippen LogP contribution in [0.25, 0.3) is 0 Å².